The monoisotopic (exact) mass is 224 g/mol. The molecule has 2 heterocycles. The van der Waals surface area contributed by atoms with Crippen molar-refractivity contribution < 1.29 is 14.4 Å². The predicted molar refractivity (Wildman–Crippen MR) is 53.3 cm³/mol. The Morgan fingerprint density at radius 2 is 2.31 bits per heavy atom. The van der Waals surface area contributed by atoms with Gasteiger partial charge in [-0.25, -0.2) is 5.06 Å². The zero-order chi connectivity index (χ0) is 11.7. The number of aromatic nitrogens is 2. The van der Waals surface area contributed by atoms with Crippen LogP contribution in [0.15, 0.2) is 6.07 Å². The topological polar surface area (TPSA) is 90.5 Å². The first-order valence-corrected chi connectivity index (χ1v) is 4.88. The van der Waals surface area contributed by atoms with Gasteiger partial charge in [0.25, 0.3) is 11.8 Å². The lowest BCUT2D eigenvalue weighted by Gasteiger charge is -2.12. The molecule has 0 saturated carbocycles. The van der Waals surface area contributed by atoms with Crippen LogP contribution in [-0.4, -0.2) is 39.8 Å². The maximum absolute atomic E-state index is 11.9. The first-order valence-electron chi connectivity index (χ1n) is 4.88. The van der Waals surface area contributed by atoms with E-state index in [0.29, 0.717) is 13.2 Å². The van der Waals surface area contributed by atoms with Crippen LogP contribution in [-0.2, 0) is 11.9 Å². The van der Waals surface area contributed by atoms with Crippen LogP contribution in [0.3, 0.4) is 0 Å². The van der Waals surface area contributed by atoms with Gasteiger partial charge in [-0.3, -0.25) is 19.1 Å². The normalized spacial score (nSPS) is 15.4. The van der Waals surface area contributed by atoms with Crippen LogP contribution >= 0.6 is 0 Å². The van der Waals surface area contributed by atoms with Gasteiger partial charge in [-0.2, -0.15) is 5.10 Å². The first-order chi connectivity index (χ1) is 7.59. The molecule has 2 rings (SSSR count). The Morgan fingerprint density at radius 3 is 2.81 bits per heavy atom. The van der Waals surface area contributed by atoms with E-state index in [-0.39, 0.29) is 17.3 Å². The second-order valence-electron chi connectivity index (χ2n) is 3.50. The van der Waals surface area contributed by atoms with Crippen LogP contribution in [0.25, 0.3) is 0 Å². The van der Waals surface area contributed by atoms with E-state index in [9.17, 15) is 9.59 Å². The van der Waals surface area contributed by atoms with Crippen LogP contribution in [0.1, 0.15) is 27.4 Å². The van der Waals surface area contributed by atoms with Gasteiger partial charge in [0.1, 0.15) is 5.69 Å². The van der Waals surface area contributed by atoms with Crippen molar-refractivity contribution in [1.82, 2.24) is 14.8 Å². The summed E-state index contributed by atoms with van der Waals surface area (Å²) in [7, 11) is 1.58. The molecule has 7 heteroatoms. The van der Waals surface area contributed by atoms with Crippen molar-refractivity contribution in [2.24, 2.45) is 12.8 Å². The highest BCUT2D eigenvalue weighted by atomic mass is 16.7. The number of rotatable bonds is 2. The van der Waals surface area contributed by atoms with E-state index in [1.54, 1.807) is 7.05 Å². The minimum absolute atomic E-state index is 0.0741. The van der Waals surface area contributed by atoms with Gasteiger partial charge in [0.2, 0.25) is 0 Å². The molecule has 2 N–H and O–H groups in total. The van der Waals surface area contributed by atoms with E-state index in [2.05, 4.69) is 5.10 Å². The standard InChI is InChI=1S/C9H12N4O3/c1-12-7(5-6(11-12)8(10)14)9(15)13-3-2-4-16-13/h5H,2-4H2,1H3,(H2,10,14). The maximum Gasteiger partial charge on any atom is 0.295 e. The van der Waals surface area contributed by atoms with Crippen molar-refractivity contribution in [3.05, 3.63) is 17.5 Å². The summed E-state index contributed by atoms with van der Waals surface area (Å²) in [5.41, 5.74) is 5.44. The third-order valence-electron chi connectivity index (χ3n) is 2.33. The molecule has 1 aromatic rings. The SMILES string of the molecule is Cn1nc(C(N)=O)cc1C(=O)N1CCCO1. The molecule has 86 valence electrons. The van der Waals surface area contributed by atoms with Gasteiger partial charge < -0.3 is 5.73 Å². The van der Waals surface area contributed by atoms with Crippen molar-refractivity contribution in [3.63, 3.8) is 0 Å². The number of nitrogens with two attached hydrogens (primary N) is 1. The summed E-state index contributed by atoms with van der Waals surface area (Å²) in [5, 5.41) is 5.11. The molecule has 7 nitrogen and oxygen atoms in total. The Bertz CT molecular complexity index is 434. The van der Waals surface area contributed by atoms with E-state index in [4.69, 9.17) is 10.6 Å². The van der Waals surface area contributed by atoms with E-state index < -0.39 is 5.91 Å². The molecular formula is C9H12N4O3. The van der Waals surface area contributed by atoms with Gasteiger partial charge >= 0.3 is 0 Å². The van der Waals surface area contributed by atoms with Gasteiger partial charge in [-0.05, 0) is 6.42 Å². The Morgan fingerprint density at radius 1 is 1.56 bits per heavy atom. The predicted octanol–water partition coefficient (Wildman–Crippen LogP) is -0.704. The number of aryl methyl sites for hydroxylation is 1. The van der Waals surface area contributed by atoms with E-state index in [0.717, 1.165) is 6.42 Å². The van der Waals surface area contributed by atoms with Gasteiger partial charge in [0, 0.05) is 13.1 Å². The number of primary amides is 1. The lowest BCUT2D eigenvalue weighted by Crippen LogP contribution is -2.28. The van der Waals surface area contributed by atoms with Crippen LogP contribution in [0.2, 0.25) is 0 Å². The number of hydrogen-bond acceptors (Lipinski definition) is 4. The summed E-state index contributed by atoms with van der Waals surface area (Å²) in [6, 6.07) is 1.37. The maximum atomic E-state index is 11.9. The summed E-state index contributed by atoms with van der Waals surface area (Å²) in [4.78, 5) is 27.9. The molecule has 16 heavy (non-hydrogen) atoms. The summed E-state index contributed by atoms with van der Waals surface area (Å²) in [6.45, 7) is 1.09. The van der Waals surface area contributed by atoms with Crippen molar-refractivity contribution in [2.45, 2.75) is 6.42 Å². The van der Waals surface area contributed by atoms with E-state index >= 15 is 0 Å². The minimum Gasteiger partial charge on any atom is -0.364 e. The van der Waals surface area contributed by atoms with Gasteiger partial charge in [-0.15, -0.1) is 0 Å². The lowest BCUT2D eigenvalue weighted by molar-refractivity contribution is -0.0774. The molecule has 1 aromatic heterocycles. The smallest absolute Gasteiger partial charge is 0.295 e. The third kappa shape index (κ3) is 1.76. The summed E-state index contributed by atoms with van der Waals surface area (Å²) in [5.74, 6) is -0.961. The quantitative estimate of drug-likeness (QED) is 0.719. The fraction of sp³-hybridized carbons (Fsp3) is 0.444. The second-order valence-corrected chi connectivity index (χ2v) is 3.50. The van der Waals surface area contributed by atoms with Crippen molar-refractivity contribution in [2.75, 3.05) is 13.2 Å². The van der Waals surface area contributed by atoms with Crippen LogP contribution in [0.5, 0.6) is 0 Å². The summed E-state index contributed by atoms with van der Waals surface area (Å²) < 4.78 is 1.32. The molecule has 0 atom stereocenters. The molecule has 1 aliphatic heterocycles. The van der Waals surface area contributed by atoms with Gasteiger partial charge in [-0.1, -0.05) is 0 Å². The highest BCUT2D eigenvalue weighted by Crippen LogP contribution is 2.11. The average Bonchev–Trinajstić information content (AvgIpc) is 2.84. The van der Waals surface area contributed by atoms with Crippen molar-refractivity contribution in [1.29, 1.82) is 0 Å². The Hall–Kier alpha value is -1.89. The minimum atomic E-state index is -0.656. The van der Waals surface area contributed by atoms with Gasteiger partial charge in [0.05, 0.1) is 13.2 Å². The average molecular weight is 224 g/mol. The number of hydrogen-bond donors (Lipinski definition) is 1. The Labute approximate surface area is 91.7 Å². The molecule has 0 aliphatic carbocycles. The zero-order valence-electron chi connectivity index (χ0n) is 8.84. The number of hydroxylamine groups is 2. The second kappa shape index (κ2) is 3.93. The van der Waals surface area contributed by atoms with Crippen LogP contribution in [0.4, 0.5) is 0 Å². The zero-order valence-corrected chi connectivity index (χ0v) is 8.84. The molecular weight excluding hydrogens is 212 g/mol. The number of nitrogens with zero attached hydrogens (tertiary/aromatic N) is 3. The number of amides is 2. The van der Waals surface area contributed by atoms with E-state index in [1.165, 1.54) is 15.8 Å². The molecule has 1 saturated heterocycles. The largest absolute Gasteiger partial charge is 0.364 e. The van der Waals surface area contributed by atoms with Gasteiger partial charge in [0.15, 0.2) is 5.69 Å². The Kier molecular flexibility index (Phi) is 2.61. The molecule has 1 fully saturated rings. The number of carbonyl (C=O) groups excluding carboxylic acids is 2. The van der Waals surface area contributed by atoms with Crippen LogP contribution < -0.4 is 5.73 Å². The van der Waals surface area contributed by atoms with Crippen molar-refractivity contribution >= 4 is 11.8 Å². The fourth-order valence-corrected chi connectivity index (χ4v) is 1.52. The summed E-state index contributed by atoms with van der Waals surface area (Å²) in [6.07, 6.45) is 0.812. The highest BCUT2D eigenvalue weighted by molar-refractivity contribution is 5.96. The fourth-order valence-electron chi connectivity index (χ4n) is 1.52. The molecule has 0 bridgehead atoms. The number of carbonyl (C=O) groups is 2. The van der Waals surface area contributed by atoms with Crippen molar-refractivity contribution in [3.8, 4) is 0 Å². The molecule has 0 aromatic carbocycles. The van der Waals surface area contributed by atoms with E-state index in [1.807, 2.05) is 0 Å². The Balaban J connectivity index is 2.25. The molecule has 0 unspecified atom stereocenters. The lowest BCUT2D eigenvalue weighted by atomic mass is 10.3. The highest BCUT2D eigenvalue weighted by Gasteiger charge is 2.24. The molecule has 0 spiro atoms. The third-order valence-corrected chi connectivity index (χ3v) is 2.33. The first kappa shape index (κ1) is 10.6. The molecule has 1 aliphatic rings. The molecule has 0 radical (unpaired) electrons. The molecule has 2 amide bonds. The summed E-state index contributed by atoms with van der Waals surface area (Å²) >= 11 is 0. The van der Waals surface area contributed by atoms with Crippen LogP contribution in [0, 0.1) is 0 Å².